The van der Waals surface area contributed by atoms with E-state index in [-0.39, 0.29) is 12.2 Å². The second-order valence-corrected chi connectivity index (χ2v) is 12.0. The first-order valence-electron chi connectivity index (χ1n) is 13.7. The van der Waals surface area contributed by atoms with Gasteiger partial charge in [0.2, 0.25) is 0 Å². The molecule has 2 nitrogen and oxygen atoms in total. The van der Waals surface area contributed by atoms with E-state index in [1.54, 1.807) is 0 Å². The molecule has 0 aromatic heterocycles. The zero-order chi connectivity index (χ0) is 22.1. The molecule has 0 amide bonds. The van der Waals surface area contributed by atoms with Crippen LogP contribution in [-0.2, 0) is 0 Å². The Labute approximate surface area is 187 Å². The third-order valence-corrected chi connectivity index (χ3v) is 10.4. The smallest absolute Gasteiger partial charge is 0.0563 e. The lowest BCUT2D eigenvalue weighted by molar-refractivity contribution is -0.109. The van der Waals surface area contributed by atoms with Gasteiger partial charge in [0, 0.05) is 0 Å². The topological polar surface area (TPSA) is 40.5 Å². The minimum Gasteiger partial charge on any atom is -0.393 e. The highest BCUT2D eigenvalue weighted by molar-refractivity contribution is 5.06. The Hall–Kier alpha value is -0.0800. The van der Waals surface area contributed by atoms with Crippen molar-refractivity contribution in [2.24, 2.45) is 52.8 Å². The number of fused-ring (bicyclic) bond motifs is 5. The molecule has 4 aliphatic rings. The van der Waals surface area contributed by atoms with E-state index in [4.69, 9.17) is 0 Å². The lowest BCUT2D eigenvalue weighted by Crippen LogP contribution is -2.52. The summed E-state index contributed by atoms with van der Waals surface area (Å²) in [5.74, 6) is 6.69. The Balaban J connectivity index is 0.00000124. The second kappa shape index (κ2) is 10.2. The highest BCUT2D eigenvalue weighted by atomic mass is 16.3. The molecule has 0 spiro atoms. The third kappa shape index (κ3) is 4.66. The SMILES string of the molecule is CC.CC(C)C(O)CC[C@@H](C)C1CCC2C1CCC1C2CCC2CC(O)CCC21C. The van der Waals surface area contributed by atoms with E-state index >= 15 is 0 Å². The van der Waals surface area contributed by atoms with E-state index in [1.807, 2.05) is 13.8 Å². The van der Waals surface area contributed by atoms with Crippen molar-refractivity contribution in [2.45, 2.75) is 124 Å². The zero-order valence-electron chi connectivity index (χ0n) is 20.9. The predicted octanol–water partition coefficient (Wildman–Crippen LogP) is 7.08. The van der Waals surface area contributed by atoms with Gasteiger partial charge in [0.25, 0.3) is 0 Å². The van der Waals surface area contributed by atoms with Gasteiger partial charge in [0.1, 0.15) is 0 Å². The van der Waals surface area contributed by atoms with E-state index in [2.05, 4.69) is 27.7 Å². The standard InChI is InChI=1S/C26H46O2.C2H6/c1-16(2)25(28)12-5-17(3)20-8-9-22-21(20)10-11-24-23(22)7-6-18-15-19(27)13-14-26(18,24)4;1-2/h16-25,27-28H,5-15H2,1-4H3;1-2H3/t17-,18?,19?,20?,21?,22?,23?,24?,25?,26?;/m1./s1. The van der Waals surface area contributed by atoms with Crippen LogP contribution < -0.4 is 0 Å². The highest BCUT2D eigenvalue weighted by Gasteiger charge is 2.56. The molecule has 2 N–H and O–H groups in total. The fourth-order valence-electron chi connectivity index (χ4n) is 8.62. The zero-order valence-corrected chi connectivity index (χ0v) is 20.9. The number of rotatable bonds is 5. The maximum absolute atomic E-state index is 10.2. The van der Waals surface area contributed by atoms with E-state index in [0.29, 0.717) is 11.3 Å². The fourth-order valence-corrected chi connectivity index (χ4v) is 8.62. The molecule has 4 fully saturated rings. The Morgan fingerprint density at radius 3 is 2.20 bits per heavy atom. The van der Waals surface area contributed by atoms with E-state index in [1.165, 1.54) is 51.4 Å². The minimum absolute atomic E-state index is 0.0242. The molecule has 0 heterocycles. The minimum atomic E-state index is -0.118. The van der Waals surface area contributed by atoms with Crippen molar-refractivity contribution in [3.63, 3.8) is 0 Å². The van der Waals surface area contributed by atoms with Crippen LogP contribution in [0.1, 0.15) is 112 Å². The molecule has 2 heteroatoms. The first-order chi connectivity index (χ1) is 14.3. The summed E-state index contributed by atoms with van der Waals surface area (Å²) in [6.45, 7) is 13.4. The van der Waals surface area contributed by atoms with Crippen LogP contribution in [0.3, 0.4) is 0 Å². The molecule has 10 atom stereocenters. The van der Waals surface area contributed by atoms with Gasteiger partial charge in [0.15, 0.2) is 0 Å². The molecule has 0 bridgehead atoms. The van der Waals surface area contributed by atoms with Crippen molar-refractivity contribution in [3.8, 4) is 0 Å². The Morgan fingerprint density at radius 2 is 1.50 bits per heavy atom. The Kier molecular flexibility index (Phi) is 8.38. The van der Waals surface area contributed by atoms with Gasteiger partial charge in [-0.1, -0.05) is 41.5 Å². The van der Waals surface area contributed by atoms with Crippen molar-refractivity contribution in [2.75, 3.05) is 0 Å². The maximum Gasteiger partial charge on any atom is 0.0563 e. The second-order valence-electron chi connectivity index (χ2n) is 12.0. The summed E-state index contributed by atoms with van der Waals surface area (Å²) >= 11 is 0. The summed E-state index contributed by atoms with van der Waals surface area (Å²) in [4.78, 5) is 0. The summed E-state index contributed by atoms with van der Waals surface area (Å²) in [5.41, 5.74) is 0.512. The van der Waals surface area contributed by atoms with Crippen molar-refractivity contribution in [1.29, 1.82) is 0 Å². The van der Waals surface area contributed by atoms with Crippen molar-refractivity contribution < 1.29 is 10.2 Å². The van der Waals surface area contributed by atoms with E-state index < -0.39 is 0 Å². The first-order valence-corrected chi connectivity index (χ1v) is 13.7. The summed E-state index contributed by atoms with van der Waals surface area (Å²) in [6.07, 6.45) is 14.1. The first kappa shape index (κ1) is 24.6. The quantitative estimate of drug-likeness (QED) is 0.499. The van der Waals surface area contributed by atoms with Crippen LogP contribution in [-0.4, -0.2) is 22.4 Å². The Bertz CT molecular complexity index is 531. The van der Waals surface area contributed by atoms with Crippen LogP contribution >= 0.6 is 0 Å². The average molecular weight is 421 g/mol. The van der Waals surface area contributed by atoms with Crippen LogP contribution in [0.5, 0.6) is 0 Å². The largest absolute Gasteiger partial charge is 0.393 e. The summed E-state index contributed by atoms with van der Waals surface area (Å²) in [7, 11) is 0. The molecule has 176 valence electrons. The van der Waals surface area contributed by atoms with Gasteiger partial charge >= 0.3 is 0 Å². The number of hydrogen-bond donors (Lipinski definition) is 2. The molecule has 4 saturated carbocycles. The number of hydrogen-bond acceptors (Lipinski definition) is 2. The molecule has 0 aliphatic heterocycles. The van der Waals surface area contributed by atoms with Gasteiger partial charge in [-0.25, -0.2) is 0 Å². The maximum atomic E-state index is 10.2. The summed E-state index contributed by atoms with van der Waals surface area (Å²) < 4.78 is 0. The van der Waals surface area contributed by atoms with Crippen molar-refractivity contribution >= 4 is 0 Å². The van der Waals surface area contributed by atoms with Crippen LogP contribution in [0.25, 0.3) is 0 Å². The van der Waals surface area contributed by atoms with E-state index in [0.717, 1.165) is 60.7 Å². The molecule has 4 aliphatic carbocycles. The molecular formula is C28H52O2. The third-order valence-electron chi connectivity index (χ3n) is 10.4. The van der Waals surface area contributed by atoms with Crippen LogP contribution in [0.15, 0.2) is 0 Å². The monoisotopic (exact) mass is 420 g/mol. The van der Waals surface area contributed by atoms with Gasteiger partial charge in [0.05, 0.1) is 12.2 Å². The summed E-state index contributed by atoms with van der Waals surface area (Å²) in [6, 6.07) is 0. The van der Waals surface area contributed by atoms with Gasteiger partial charge in [-0.05, 0) is 123 Å². The van der Waals surface area contributed by atoms with Crippen LogP contribution in [0, 0.1) is 52.8 Å². The van der Waals surface area contributed by atoms with Crippen molar-refractivity contribution in [1.82, 2.24) is 0 Å². The van der Waals surface area contributed by atoms with Crippen LogP contribution in [0.2, 0.25) is 0 Å². The number of aliphatic hydroxyl groups excluding tert-OH is 2. The van der Waals surface area contributed by atoms with Gasteiger partial charge in [-0.2, -0.15) is 0 Å². The van der Waals surface area contributed by atoms with Gasteiger partial charge in [-0.15, -0.1) is 0 Å². The lowest BCUT2D eigenvalue weighted by atomic mass is 9.46. The molecule has 0 aromatic rings. The van der Waals surface area contributed by atoms with Crippen LogP contribution in [0.4, 0.5) is 0 Å². The predicted molar refractivity (Wildman–Crippen MR) is 127 cm³/mol. The lowest BCUT2D eigenvalue weighted by Gasteiger charge is -2.59. The number of aliphatic hydroxyl groups is 2. The van der Waals surface area contributed by atoms with Crippen molar-refractivity contribution in [3.05, 3.63) is 0 Å². The van der Waals surface area contributed by atoms with Gasteiger partial charge < -0.3 is 10.2 Å². The molecule has 9 unspecified atom stereocenters. The highest BCUT2D eigenvalue weighted by Crippen LogP contribution is 2.64. The molecule has 0 saturated heterocycles. The Morgan fingerprint density at radius 1 is 0.833 bits per heavy atom. The molecule has 4 rings (SSSR count). The van der Waals surface area contributed by atoms with E-state index in [9.17, 15) is 10.2 Å². The fraction of sp³-hybridized carbons (Fsp3) is 1.00. The molecule has 0 radical (unpaired) electrons. The van der Waals surface area contributed by atoms with Gasteiger partial charge in [-0.3, -0.25) is 0 Å². The normalized spacial score (nSPS) is 44.9. The molecular weight excluding hydrogens is 368 g/mol. The summed E-state index contributed by atoms with van der Waals surface area (Å²) in [5, 5.41) is 20.5. The average Bonchev–Trinajstić information content (AvgIpc) is 3.18. The molecule has 0 aromatic carbocycles. The molecule has 30 heavy (non-hydrogen) atoms.